The van der Waals surface area contributed by atoms with Crippen LogP contribution in [0, 0.1) is 24.6 Å². The van der Waals surface area contributed by atoms with Gasteiger partial charge in [0.25, 0.3) is 5.91 Å². The molecule has 106 valence electrons. The van der Waals surface area contributed by atoms with Gasteiger partial charge in [-0.05, 0) is 36.8 Å². The Labute approximate surface area is 122 Å². The number of hydrogen-bond acceptors (Lipinski definition) is 3. The molecule has 0 radical (unpaired) electrons. The van der Waals surface area contributed by atoms with E-state index in [1.54, 1.807) is 12.3 Å². The third-order valence-electron chi connectivity index (χ3n) is 2.68. The van der Waals surface area contributed by atoms with Crippen molar-refractivity contribution in [2.24, 2.45) is 5.73 Å². The van der Waals surface area contributed by atoms with Gasteiger partial charge < -0.3 is 11.1 Å². The van der Waals surface area contributed by atoms with Gasteiger partial charge in [-0.25, -0.2) is 4.39 Å². The number of amides is 1. The molecule has 0 atom stereocenters. The number of aryl methyl sites for hydroxylation is 1. The van der Waals surface area contributed by atoms with Crippen molar-refractivity contribution >= 4 is 11.6 Å². The summed E-state index contributed by atoms with van der Waals surface area (Å²) in [5.41, 5.74) is 7.37. The van der Waals surface area contributed by atoms with Crippen molar-refractivity contribution < 1.29 is 9.18 Å². The molecule has 0 fully saturated rings. The summed E-state index contributed by atoms with van der Waals surface area (Å²) in [6.07, 6.45) is 3.20. The van der Waals surface area contributed by atoms with Gasteiger partial charge in [0.1, 0.15) is 5.82 Å². The molecule has 1 aromatic carbocycles. The molecule has 1 aromatic heterocycles. The van der Waals surface area contributed by atoms with E-state index < -0.39 is 11.7 Å². The summed E-state index contributed by atoms with van der Waals surface area (Å²) >= 11 is 0. The van der Waals surface area contributed by atoms with Crippen LogP contribution in [0.3, 0.4) is 0 Å². The van der Waals surface area contributed by atoms with Gasteiger partial charge in [0, 0.05) is 11.8 Å². The molecule has 0 aliphatic carbocycles. The normalized spacial score (nSPS) is 9.67. The molecule has 0 spiro atoms. The number of benzene rings is 1. The van der Waals surface area contributed by atoms with E-state index in [1.165, 1.54) is 18.3 Å². The van der Waals surface area contributed by atoms with Crippen LogP contribution in [0.1, 0.15) is 21.5 Å². The topological polar surface area (TPSA) is 68.0 Å². The van der Waals surface area contributed by atoms with Crippen LogP contribution in [-0.2, 0) is 0 Å². The van der Waals surface area contributed by atoms with Crippen LogP contribution in [0.25, 0.3) is 0 Å². The van der Waals surface area contributed by atoms with Crippen LogP contribution in [0.4, 0.5) is 10.1 Å². The molecule has 4 nitrogen and oxygen atoms in total. The average Bonchev–Trinajstić information content (AvgIpc) is 2.46. The summed E-state index contributed by atoms with van der Waals surface area (Å²) in [6.45, 7) is 2.03. The minimum atomic E-state index is -0.499. The average molecular weight is 283 g/mol. The largest absolute Gasteiger partial charge is 0.321 e. The second-order valence-corrected chi connectivity index (χ2v) is 4.40. The number of nitrogens with one attached hydrogen (secondary N) is 1. The fourth-order valence-corrected chi connectivity index (χ4v) is 1.78. The number of anilines is 1. The summed E-state index contributed by atoms with van der Waals surface area (Å²) in [7, 11) is 0. The quantitative estimate of drug-likeness (QED) is 0.829. The second kappa shape index (κ2) is 6.64. The van der Waals surface area contributed by atoms with E-state index >= 15 is 0 Å². The maximum Gasteiger partial charge on any atom is 0.257 e. The number of carbonyl (C=O) groups excluding carboxylic acids is 1. The Morgan fingerprint density at radius 3 is 2.90 bits per heavy atom. The van der Waals surface area contributed by atoms with Crippen LogP contribution in [0.15, 0.2) is 36.7 Å². The monoisotopic (exact) mass is 283 g/mol. The van der Waals surface area contributed by atoms with Crippen LogP contribution in [-0.4, -0.2) is 17.4 Å². The highest BCUT2D eigenvalue weighted by atomic mass is 19.1. The molecule has 0 unspecified atom stereocenters. The molecule has 21 heavy (non-hydrogen) atoms. The lowest BCUT2D eigenvalue weighted by Gasteiger charge is -2.07. The Morgan fingerprint density at radius 1 is 1.38 bits per heavy atom. The molecule has 3 N–H and O–H groups in total. The Balaban J connectivity index is 2.32. The molecule has 0 aliphatic rings. The van der Waals surface area contributed by atoms with Gasteiger partial charge in [0.2, 0.25) is 0 Å². The molecule has 2 aromatic rings. The highest BCUT2D eigenvalue weighted by Crippen LogP contribution is 2.14. The predicted molar refractivity (Wildman–Crippen MR) is 79.3 cm³/mol. The molecule has 1 heterocycles. The van der Waals surface area contributed by atoms with Crippen molar-refractivity contribution in [1.82, 2.24) is 4.98 Å². The Bertz CT molecular complexity index is 732. The lowest BCUT2D eigenvalue weighted by atomic mass is 10.1. The van der Waals surface area contributed by atoms with Crippen LogP contribution in [0.2, 0.25) is 0 Å². The number of carbonyl (C=O) groups is 1. The van der Waals surface area contributed by atoms with E-state index in [-0.39, 0.29) is 12.1 Å². The van der Waals surface area contributed by atoms with Gasteiger partial charge >= 0.3 is 0 Å². The minimum absolute atomic E-state index is 0.164. The molecule has 0 aliphatic heterocycles. The number of rotatable bonds is 2. The number of nitrogens with two attached hydrogens (primary N) is 1. The first-order valence-electron chi connectivity index (χ1n) is 6.31. The molecule has 0 saturated carbocycles. The summed E-state index contributed by atoms with van der Waals surface area (Å²) < 4.78 is 13.4. The van der Waals surface area contributed by atoms with E-state index in [2.05, 4.69) is 22.1 Å². The molecule has 0 bridgehead atoms. The van der Waals surface area contributed by atoms with Gasteiger partial charge in [-0.15, -0.1) is 0 Å². The minimum Gasteiger partial charge on any atom is -0.321 e. The van der Waals surface area contributed by atoms with Crippen molar-refractivity contribution in [2.45, 2.75) is 6.92 Å². The van der Waals surface area contributed by atoms with Crippen molar-refractivity contribution in [2.75, 3.05) is 11.9 Å². The van der Waals surface area contributed by atoms with Crippen molar-refractivity contribution in [1.29, 1.82) is 0 Å². The summed E-state index contributed by atoms with van der Waals surface area (Å²) in [4.78, 5) is 16.2. The fraction of sp³-hybridized carbons (Fsp3) is 0.125. The maximum absolute atomic E-state index is 13.4. The van der Waals surface area contributed by atoms with Crippen molar-refractivity contribution in [3.05, 3.63) is 59.2 Å². The van der Waals surface area contributed by atoms with Crippen molar-refractivity contribution in [3.63, 3.8) is 0 Å². The van der Waals surface area contributed by atoms with Gasteiger partial charge in [-0.2, -0.15) is 0 Å². The maximum atomic E-state index is 13.4. The molecular weight excluding hydrogens is 269 g/mol. The van der Waals surface area contributed by atoms with E-state index in [0.29, 0.717) is 11.3 Å². The van der Waals surface area contributed by atoms with E-state index in [1.807, 2.05) is 6.92 Å². The predicted octanol–water partition coefficient (Wildman–Crippen LogP) is 2.09. The standard InChI is InChI=1S/C16H14FN3O/c1-11-7-14(10-19-9-11)20-16(21)15-8-13(17)5-4-12(15)3-2-6-18/h4-5,7-10H,6,18H2,1H3,(H,20,21). The van der Waals surface area contributed by atoms with E-state index in [9.17, 15) is 9.18 Å². The zero-order chi connectivity index (χ0) is 15.2. The highest BCUT2D eigenvalue weighted by Gasteiger charge is 2.12. The number of aromatic nitrogens is 1. The van der Waals surface area contributed by atoms with Crippen LogP contribution < -0.4 is 11.1 Å². The lowest BCUT2D eigenvalue weighted by Crippen LogP contribution is -2.14. The third kappa shape index (κ3) is 3.88. The first kappa shape index (κ1) is 14.7. The lowest BCUT2D eigenvalue weighted by molar-refractivity contribution is 0.102. The van der Waals surface area contributed by atoms with Gasteiger partial charge in [-0.3, -0.25) is 9.78 Å². The first-order chi connectivity index (χ1) is 10.1. The second-order valence-electron chi connectivity index (χ2n) is 4.40. The summed E-state index contributed by atoms with van der Waals surface area (Å²) in [5, 5.41) is 2.68. The Morgan fingerprint density at radius 2 is 2.19 bits per heavy atom. The van der Waals surface area contributed by atoms with Gasteiger partial charge in [-0.1, -0.05) is 11.8 Å². The highest BCUT2D eigenvalue weighted by molar-refractivity contribution is 6.05. The number of nitrogens with zero attached hydrogens (tertiary/aromatic N) is 1. The van der Waals surface area contributed by atoms with Crippen LogP contribution in [0.5, 0.6) is 0 Å². The molecule has 0 saturated heterocycles. The van der Waals surface area contributed by atoms with Gasteiger partial charge in [0.05, 0.1) is 24.0 Å². The number of hydrogen-bond donors (Lipinski definition) is 2. The van der Waals surface area contributed by atoms with E-state index in [0.717, 1.165) is 11.6 Å². The smallest absolute Gasteiger partial charge is 0.257 e. The Hall–Kier alpha value is -2.71. The zero-order valence-corrected chi connectivity index (χ0v) is 11.5. The summed E-state index contributed by atoms with van der Waals surface area (Å²) in [6, 6.07) is 5.64. The summed E-state index contributed by atoms with van der Waals surface area (Å²) in [5.74, 6) is 4.47. The molecule has 1 amide bonds. The van der Waals surface area contributed by atoms with Crippen molar-refractivity contribution in [3.8, 4) is 11.8 Å². The first-order valence-corrected chi connectivity index (χ1v) is 6.31. The third-order valence-corrected chi connectivity index (χ3v) is 2.68. The molecule has 2 rings (SSSR count). The number of halogens is 1. The van der Waals surface area contributed by atoms with Crippen LogP contribution >= 0.6 is 0 Å². The number of pyridine rings is 1. The molecule has 5 heteroatoms. The zero-order valence-electron chi connectivity index (χ0n) is 11.5. The van der Waals surface area contributed by atoms with E-state index in [4.69, 9.17) is 5.73 Å². The Kier molecular flexibility index (Phi) is 4.64. The SMILES string of the molecule is Cc1cncc(NC(=O)c2cc(F)ccc2C#CCN)c1. The fourth-order valence-electron chi connectivity index (χ4n) is 1.78. The molecular formula is C16H14FN3O. The van der Waals surface area contributed by atoms with Gasteiger partial charge in [0.15, 0.2) is 0 Å².